The fourth-order valence-corrected chi connectivity index (χ4v) is 2.68. The van der Waals surface area contributed by atoms with Gasteiger partial charge in [0, 0.05) is 37.2 Å². The average Bonchev–Trinajstić information content (AvgIpc) is 3.01. The molecule has 0 amide bonds. The van der Waals surface area contributed by atoms with Crippen molar-refractivity contribution in [2.75, 3.05) is 13.6 Å². The highest BCUT2D eigenvalue weighted by molar-refractivity contribution is 14.0. The second kappa shape index (κ2) is 9.51. The normalized spacial score (nSPS) is 11.3. The van der Waals surface area contributed by atoms with Crippen LogP contribution in [0.25, 0.3) is 10.9 Å². The van der Waals surface area contributed by atoms with Crippen molar-refractivity contribution in [1.82, 2.24) is 15.6 Å². The van der Waals surface area contributed by atoms with Crippen LogP contribution in [0, 0.1) is 11.6 Å². The molecule has 2 aromatic carbocycles. The summed E-state index contributed by atoms with van der Waals surface area (Å²) in [6.07, 6.45) is 2.64. The molecule has 0 unspecified atom stereocenters. The van der Waals surface area contributed by atoms with E-state index in [0.29, 0.717) is 19.0 Å². The Morgan fingerprint density at radius 1 is 1.04 bits per heavy atom. The van der Waals surface area contributed by atoms with Crippen LogP contribution in [0.3, 0.4) is 0 Å². The number of benzene rings is 2. The number of aromatic amines is 1. The number of hydrogen-bond donors (Lipinski definition) is 3. The zero-order valence-electron chi connectivity index (χ0n) is 14.4. The fourth-order valence-electron chi connectivity index (χ4n) is 2.68. The summed E-state index contributed by atoms with van der Waals surface area (Å²) in [5.41, 5.74) is 2.95. The Bertz CT molecular complexity index is 875. The summed E-state index contributed by atoms with van der Waals surface area (Å²) in [4.78, 5) is 7.32. The molecule has 3 N–H and O–H groups in total. The molecular formula is C19H21F2IN4. The third kappa shape index (κ3) is 5.17. The number of H-pyrrole nitrogens is 1. The Balaban J connectivity index is 0.00000243. The van der Waals surface area contributed by atoms with Crippen LogP contribution < -0.4 is 10.6 Å². The molecule has 0 saturated heterocycles. The quantitative estimate of drug-likeness (QED) is 0.300. The maximum atomic E-state index is 13.4. The predicted molar refractivity (Wildman–Crippen MR) is 112 cm³/mol. The first-order valence-corrected chi connectivity index (χ1v) is 8.10. The molecule has 0 radical (unpaired) electrons. The summed E-state index contributed by atoms with van der Waals surface area (Å²) in [6.45, 7) is 1.21. The van der Waals surface area contributed by atoms with Crippen molar-refractivity contribution >= 4 is 40.8 Å². The SMILES string of the molecule is CN=C(NCCc1c[nH]c2ccc(F)cc12)NCc1ccc(F)cc1.I. The monoisotopic (exact) mass is 470 g/mol. The van der Waals surface area contributed by atoms with Crippen molar-refractivity contribution in [3.8, 4) is 0 Å². The molecule has 3 aromatic rings. The Hall–Kier alpha value is -2.16. The Morgan fingerprint density at radius 2 is 1.77 bits per heavy atom. The van der Waals surface area contributed by atoms with Crippen LogP contribution in [0.2, 0.25) is 0 Å². The molecule has 1 aromatic heterocycles. The van der Waals surface area contributed by atoms with Crippen molar-refractivity contribution < 1.29 is 8.78 Å². The molecule has 0 aliphatic rings. The summed E-state index contributed by atoms with van der Waals surface area (Å²) in [6, 6.07) is 11.1. The van der Waals surface area contributed by atoms with Crippen molar-refractivity contribution in [2.45, 2.75) is 13.0 Å². The number of guanidine groups is 1. The van der Waals surface area contributed by atoms with Gasteiger partial charge in [-0.05, 0) is 47.9 Å². The van der Waals surface area contributed by atoms with Crippen LogP contribution >= 0.6 is 24.0 Å². The highest BCUT2D eigenvalue weighted by Crippen LogP contribution is 2.19. The number of halogens is 3. The molecule has 3 rings (SSSR count). The van der Waals surface area contributed by atoms with E-state index in [4.69, 9.17) is 0 Å². The maximum Gasteiger partial charge on any atom is 0.191 e. The smallest absolute Gasteiger partial charge is 0.191 e. The second-order valence-electron chi connectivity index (χ2n) is 5.73. The van der Waals surface area contributed by atoms with E-state index in [2.05, 4.69) is 20.6 Å². The summed E-state index contributed by atoms with van der Waals surface area (Å²) in [7, 11) is 1.70. The third-order valence-electron chi connectivity index (χ3n) is 4.01. The maximum absolute atomic E-state index is 13.4. The molecule has 7 heteroatoms. The van der Waals surface area contributed by atoms with Crippen molar-refractivity contribution in [1.29, 1.82) is 0 Å². The van der Waals surface area contributed by atoms with Gasteiger partial charge in [0.15, 0.2) is 5.96 Å². The van der Waals surface area contributed by atoms with Gasteiger partial charge in [0.05, 0.1) is 0 Å². The van der Waals surface area contributed by atoms with Crippen LogP contribution in [0.5, 0.6) is 0 Å². The van der Waals surface area contributed by atoms with Gasteiger partial charge in [-0.25, -0.2) is 8.78 Å². The summed E-state index contributed by atoms with van der Waals surface area (Å²) >= 11 is 0. The molecule has 26 heavy (non-hydrogen) atoms. The number of nitrogens with one attached hydrogen (secondary N) is 3. The second-order valence-corrected chi connectivity index (χ2v) is 5.73. The van der Waals surface area contributed by atoms with Gasteiger partial charge in [0.25, 0.3) is 0 Å². The molecular weight excluding hydrogens is 449 g/mol. The molecule has 4 nitrogen and oxygen atoms in total. The van der Waals surface area contributed by atoms with E-state index >= 15 is 0 Å². The summed E-state index contributed by atoms with van der Waals surface area (Å²) in [5, 5.41) is 7.31. The Labute approximate surface area is 168 Å². The van der Waals surface area contributed by atoms with Crippen molar-refractivity contribution in [2.24, 2.45) is 4.99 Å². The highest BCUT2D eigenvalue weighted by atomic mass is 127. The lowest BCUT2D eigenvalue weighted by atomic mass is 10.1. The number of fused-ring (bicyclic) bond motifs is 1. The first-order chi connectivity index (χ1) is 12.2. The predicted octanol–water partition coefficient (Wildman–Crippen LogP) is 3.97. The standard InChI is InChI=1S/C19H20F2N4.HI/c1-22-19(25-11-13-2-4-15(20)5-3-13)23-9-8-14-12-24-18-7-6-16(21)10-17(14)18;/h2-7,10,12,24H,8-9,11H2,1H3,(H2,22,23,25);1H. The van der Waals surface area contributed by atoms with Gasteiger partial charge < -0.3 is 15.6 Å². The van der Waals surface area contributed by atoms with Crippen LogP contribution in [0.1, 0.15) is 11.1 Å². The molecule has 0 saturated carbocycles. The highest BCUT2D eigenvalue weighted by Gasteiger charge is 2.05. The van der Waals surface area contributed by atoms with Crippen LogP contribution in [0.4, 0.5) is 8.78 Å². The van der Waals surface area contributed by atoms with Crippen molar-refractivity contribution in [3.63, 3.8) is 0 Å². The Kier molecular flexibility index (Phi) is 7.38. The third-order valence-corrected chi connectivity index (χ3v) is 4.01. The largest absolute Gasteiger partial charge is 0.361 e. The van der Waals surface area contributed by atoms with Crippen LogP contribution in [0.15, 0.2) is 53.7 Å². The van der Waals surface area contributed by atoms with Gasteiger partial charge in [-0.3, -0.25) is 4.99 Å². The minimum absolute atomic E-state index is 0. The number of aromatic nitrogens is 1. The molecule has 0 aliphatic carbocycles. The summed E-state index contributed by atoms with van der Waals surface area (Å²) < 4.78 is 26.3. The molecule has 0 spiro atoms. The average molecular weight is 470 g/mol. The van der Waals surface area contributed by atoms with Gasteiger partial charge in [-0.2, -0.15) is 0 Å². The lowest BCUT2D eigenvalue weighted by molar-refractivity contribution is 0.626. The van der Waals surface area contributed by atoms with E-state index < -0.39 is 0 Å². The molecule has 1 heterocycles. The number of hydrogen-bond acceptors (Lipinski definition) is 1. The number of nitrogens with zero attached hydrogens (tertiary/aromatic N) is 1. The molecule has 0 aliphatic heterocycles. The minimum Gasteiger partial charge on any atom is -0.361 e. The molecule has 0 atom stereocenters. The zero-order valence-corrected chi connectivity index (χ0v) is 16.7. The molecule has 138 valence electrons. The van der Waals surface area contributed by atoms with E-state index in [1.807, 2.05) is 6.20 Å². The lowest BCUT2D eigenvalue weighted by Gasteiger charge is -2.11. The van der Waals surface area contributed by atoms with Gasteiger partial charge in [0.2, 0.25) is 0 Å². The summed E-state index contributed by atoms with van der Waals surface area (Å²) in [5.74, 6) is 0.176. The first-order valence-electron chi connectivity index (χ1n) is 8.10. The van der Waals surface area contributed by atoms with Crippen LogP contribution in [-0.2, 0) is 13.0 Å². The molecule has 0 fully saturated rings. The van der Waals surface area contributed by atoms with E-state index in [1.54, 1.807) is 31.3 Å². The fraction of sp³-hybridized carbons (Fsp3) is 0.211. The van der Waals surface area contributed by atoms with Gasteiger partial charge in [-0.15, -0.1) is 24.0 Å². The topological polar surface area (TPSA) is 52.2 Å². The van der Waals surface area contributed by atoms with Gasteiger partial charge >= 0.3 is 0 Å². The lowest BCUT2D eigenvalue weighted by Crippen LogP contribution is -2.37. The molecule has 0 bridgehead atoms. The number of aliphatic imine (C=N–C) groups is 1. The Morgan fingerprint density at radius 3 is 2.50 bits per heavy atom. The van der Waals surface area contributed by atoms with E-state index in [1.165, 1.54) is 18.2 Å². The van der Waals surface area contributed by atoms with E-state index in [9.17, 15) is 8.78 Å². The van der Waals surface area contributed by atoms with Crippen molar-refractivity contribution in [3.05, 3.63) is 71.4 Å². The van der Waals surface area contributed by atoms with Gasteiger partial charge in [-0.1, -0.05) is 12.1 Å². The van der Waals surface area contributed by atoms with E-state index in [0.717, 1.165) is 28.5 Å². The number of rotatable bonds is 5. The van der Waals surface area contributed by atoms with E-state index in [-0.39, 0.29) is 35.6 Å². The van der Waals surface area contributed by atoms with Crippen LogP contribution in [-0.4, -0.2) is 24.5 Å². The minimum atomic E-state index is -0.249. The first kappa shape index (κ1) is 20.2. The van der Waals surface area contributed by atoms with Gasteiger partial charge in [0.1, 0.15) is 11.6 Å². The zero-order chi connectivity index (χ0) is 17.6.